The van der Waals surface area contributed by atoms with Gasteiger partial charge in [0.1, 0.15) is 0 Å². The minimum atomic E-state index is 0.194. The van der Waals surface area contributed by atoms with Crippen LogP contribution in [0, 0.1) is 13.8 Å². The summed E-state index contributed by atoms with van der Waals surface area (Å²) in [6.45, 7) is 4.12. The first kappa shape index (κ1) is 20.5. The van der Waals surface area contributed by atoms with Crippen molar-refractivity contribution in [1.82, 2.24) is 4.98 Å². The molecule has 6 heteroatoms. The van der Waals surface area contributed by atoms with Crippen molar-refractivity contribution in [3.63, 3.8) is 0 Å². The van der Waals surface area contributed by atoms with Gasteiger partial charge in [0.15, 0.2) is 0 Å². The van der Waals surface area contributed by atoms with Crippen molar-refractivity contribution in [2.45, 2.75) is 13.8 Å². The topological polar surface area (TPSA) is 38.8 Å². The molecule has 0 saturated heterocycles. The van der Waals surface area contributed by atoms with Crippen molar-refractivity contribution in [3.05, 3.63) is 83.2 Å². The number of halogens is 2. The Bertz CT molecular complexity index is 784. The van der Waals surface area contributed by atoms with E-state index in [-0.39, 0.29) is 13.1 Å². The molecule has 0 amide bonds. The molecule has 0 fully saturated rings. The Morgan fingerprint density at radius 1 is 0.692 bits per heavy atom. The molecule has 3 aromatic rings. The van der Waals surface area contributed by atoms with Gasteiger partial charge >= 0.3 is 33.3 Å². The standard InChI is InChI=1S/C20H18N3.2ClH.Fe/c1-15-3-7-17(8-4-15)21-13-19-11-12-20(23-19)14-22-18-9-5-16(2)6-10-18;;;/h3-14H,1-2H3;2*1H;/q-1;;;+3/p-2. The zero-order chi connectivity index (χ0) is 18.8. The van der Waals surface area contributed by atoms with Gasteiger partial charge in [0, 0.05) is 12.4 Å². The molecule has 0 radical (unpaired) electrons. The molecule has 2 aromatic carbocycles. The SMILES string of the molecule is Cc1ccc(N=Cc2ccc(C=Nc3ccc(C)cc3)[n-]2)cc1.[Cl][Fe+][Cl]. The Morgan fingerprint density at radius 3 is 1.38 bits per heavy atom. The van der Waals surface area contributed by atoms with Gasteiger partial charge in [-0.2, -0.15) is 0 Å². The van der Waals surface area contributed by atoms with Crippen LogP contribution in [0.1, 0.15) is 22.5 Å². The van der Waals surface area contributed by atoms with E-state index in [0.717, 1.165) is 22.8 Å². The number of benzene rings is 2. The summed E-state index contributed by atoms with van der Waals surface area (Å²) in [5.41, 5.74) is 5.96. The van der Waals surface area contributed by atoms with Crippen molar-refractivity contribution in [2.24, 2.45) is 9.98 Å². The fraction of sp³-hybridized carbons (Fsp3) is 0.100. The molecule has 3 nitrogen and oxygen atoms in total. The summed E-state index contributed by atoms with van der Waals surface area (Å²) < 4.78 is 0. The predicted molar refractivity (Wildman–Crippen MR) is 108 cm³/mol. The second kappa shape index (κ2) is 11.0. The number of hydrogen-bond donors (Lipinski definition) is 0. The molecule has 0 spiro atoms. The molecule has 0 unspecified atom stereocenters. The molecular weight excluding hydrogens is 409 g/mol. The van der Waals surface area contributed by atoms with E-state index in [2.05, 4.69) is 28.8 Å². The second-order valence-corrected chi connectivity index (χ2v) is 7.36. The van der Waals surface area contributed by atoms with E-state index in [4.69, 9.17) is 20.2 Å². The summed E-state index contributed by atoms with van der Waals surface area (Å²) >= 11 is 0.194. The summed E-state index contributed by atoms with van der Waals surface area (Å²) in [5.74, 6) is 0. The van der Waals surface area contributed by atoms with E-state index in [1.165, 1.54) is 11.1 Å². The number of rotatable bonds is 4. The molecular formula is C20H18Cl2FeN3. The third-order valence-corrected chi connectivity index (χ3v) is 3.44. The Balaban J connectivity index is 0.000000758. The van der Waals surface area contributed by atoms with Crippen LogP contribution in [0.2, 0.25) is 0 Å². The molecule has 0 aliphatic carbocycles. The van der Waals surface area contributed by atoms with Gasteiger partial charge in [0.05, 0.1) is 11.4 Å². The normalized spacial score (nSPS) is 10.9. The van der Waals surface area contributed by atoms with Crippen molar-refractivity contribution in [3.8, 4) is 0 Å². The quantitative estimate of drug-likeness (QED) is 0.364. The van der Waals surface area contributed by atoms with Crippen molar-refractivity contribution in [1.29, 1.82) is 0 Å². The van der Waals surface area contributed by atoms with E-state index in [9.17, 15) is 0 Å². The molecule has 3 rings (SSSR count). The maximum absolute atomic E-state index is 4.76. The fourth-order valence-electron chi connectivity index (χ4n) is 2.08. The molecule has 135 valence electrons. The monoisotopic (exact) mass is 426 g/mol. The zero-order valence-electron chi connectivity index (χ0n) is 14.4. The Labute approximate surface area is 168 Å². The van der Waals surface area contributed by atoms with E-state index in [1.54, 1.807) is 12.4 Å². The van der Waals surface area contributed by atoms with Crippen LogP contribution in [0.15, 0.2) is 70.6 Å². The third-order valence-electron chi connectivity index (χ3n) is 3.44. The second-order valence-electron chi connectivity index (χ2n) is 5.53. The summed E-state index contributed by atoms with van der Waals surface area (Å²) in [4.78, 5) is 13.3. The zero-order valence-corrected chi connectivity index (χ0v) is 17.0. The average Bonchev–Trinajstić information content (AvgIpc) is 3.09. The molecule has 26 heavy (non-hydrogen) atoms. The molecule has 0 atom stereocenters. The van der Waals surface area contributed by atoms with E-state index < -0.39 is 0 Å². The van der Waals surface area contributed by atoms with Crippen molar-refractivity contribution >= 4 is 44.0 Å². The fourth-order valence-corrected chi connectivity index (χ4v) is 2.08. The number of nitrogens with zero attached hydrogens (tertiary/aromatic N) is 3. The predicted octanol–water partition coefficient (Wildman–Crippen LogP) is 6.14. The van der Waals surface area contributed by atoms with Crippen LogP contribution in [-0.2, 0) is 13.1 Å². The Morgan fingerprint density at radius 2 is 1.04 bits per heavy atom. The maximum atomic E-state index is 4.76. The van der Waals surface area contributed by atoms with Crippen LogP contribution >= 0.6 is 20.2 Å². The van der Waals surface area contributed by atoms with Gasteiger partial charge in [0.2, 0.25) is 0 Å². The molecule has 0 aliphatic heterocycles. The van der Waals surface area contributed by atoms with Crippen LogP contribution in [0.5, 0.6) is 0 Å². The van der Waals surface area contributed by atoms with Gasteiger partial charge in [-0.05, 0) is 38.1 Å². The van der Waals surface area contributed by atoms with Crippen LogP contribution < -0.4 is 4.98 Å². The van der Waals surface area contributed by atoms with Crippen molar-refractivity contribution < 1.29 is 13.1 Å². The average molecular weight is 427 g/mol. The summed E-state index contributed by atoms with van der Waals surface area (Å²) in [7, 11) is 9.53. The first-order valence-electron chi connectivity index (χ1n) is 7.81. The van der Waals surface area contributed by atoms with E-state index in [1.807, 2.05) is 60.7 Å². The molecule has 1 heterocycles. The van der Waals surface area contributed by atoms with Gasteiger partial charge in [-0.1, -0.05) is 47.5 Å². The van der Waals surface area contributed by atoms with Gasteiger partial charge in [-0.3, -0.25) is 9.98 Å². The third kappa shape index (κ3) is 7.19. The van der Waals surface area contributed by atoms with Crippen LogP contribution in [0.4, 0.5) is 11.4 Å². The van der Waals surface area contributed by atoms with E-state index in [0.29, 0.717) is 0 Å². The molecule has 1 aromatic heterocycles. The van der Waals surface area contributed by atoms with Crippen LogP contribution in [-0.4, -0.2) is 12.4 Å². The molecule has 0 saturated carbocycles. The molecule has 0 N–H and O–H groups in total. The van der Waals surface area contributed by atoms with Gasteiger partial charge in [-0.15, -0.1) is 11.4 Å². The first-order valence-corrected chi connectivity index (χ1v) is 10.8. The molecule has 0 aliphatic rings. The minimum absolute atomic E-state index is 0.194. The van der Waals surface area contributed by atoms with Gasteiger partial charge in [0.25, 0.3) is 0 Å². The summed E-state index contributed by atoms with van der Waals surface area (Å²) in [6.07, 6.45) is 3.54. The van der Waals surface area contributed by atoms with Crippen LogP contribution in [0.3, 0.4) is 0 Å². The van der Waals surface area contributed by atoms with Crippen LogP contribution in [0.25, 0.3) is 0 Å². The Hall–Kier alpha value is -1.84. The number of aryl methyl sites for hydroxylation is 2. The number of aromatic nitrogens is 1. The van der Waals surface area contributed by atoms with Gasteiger partial charge in [-0.25, -0.2) is 0 Å². The number of aliphatic imine (C=N–C) groups is 2. The van der Waals surface area contributed by atoms with Crippen molar-refractivity contribution in [2.75, 3.05) is 0 Å². The summed E-state index contributed by atoms with van der Waals surface area (Å²) in [6, 6.07) is 20.0. The molecule has 0 bridgehead atoms. The first-order chi connectivity index (χ1) is 12.6. The Kier molecular flexibility index (Phi) is 8.66. The summed E-state index contributed by atoms with van der Waals surface area (Å²) in [5, 5.41) is 0. The van der Waals surface area contributed by atoms with Gasteiger partial charge < -0.3 is 4.98 Å². The number of hydrogen-bond acceptors (Lipinski definition) is 2. The van der Waals surface area contributed by atoms with E-state index >= 15 is 0 Å².